The van der Waals surface area contributed by atoms with Crippen LogP contribution in [0.15, 0.2) is 67.0 Å². The molecule has 0 atom stereocenters. The number of carbonyl (C=O) groups is 1. The lowest BCUT2D eigenvalue weighted by molar-refractivity contribution is 0.0953. The van der Waals surface area contributed by atoms with Crippen LogP contribution >= 0.6 is 0 Å². The van der Waals surface area contributed by atoms with Gasteiger partial charge in [0.05, 0.1) is 5.69 Å². The topological polar surface area (TPSA) is 64.1 Å². The molecule has 0 radical (unpaired) electrons. The van der Waals surface area contributed by atoms with Gasteiger partial charge in [-0.2, -0.15) is 0 Å². The van der Waals surface area contributed by atoms with E-state index in [4.69, 9.17) is 4.74 Å². The smallest absolute Gasteiger partial charge is 0.251 e. The Morgan fingerprint density at radius 2 is 1.88 bits per heavy atom. The summed E-state index contributed by atoms with van der Waals surface area (Å²) < 4.78 is 5.80. The minimum Gasteiger partial charge on any atom is -0.439 e. The van der Waals surface area contributed by atoms with Gasteiger partial charge in [-0.05, 0) is 24.6 Å². The molecular formula is C20H19N3O2. The van der Waals surface area contributed by atoms with Gasteiger partial charge in [0, 0.05) is 23.7 Å². The highest BCUT2D eigenvalue weighted by atomic mass is 16.5. The molecule has 3 aromatic rings. The Labute approximate surface area is 146 Å². The second-order valence-corrected chi connectivity index (χ2v) is 5.49. The molecule has 0 aliphatic carbocycles. The number of nitrogens with one attached hydrogen (secondary N) is 1. The first kappa shape index (κ1) is 16.6. The first-order chi connectivity index (χ1) is 12.3. The van der Waals surface area contributed by atoms with Crippen LogP contribution in [0.4, 0.5) is 0 Å². The van der Waals surface area contributed by atoms with Crippen LogP contribution in [-0.2, 0) is 0 Å². The molecule has 1 heterocycles. The van der Waals surface area contributed by atoms with Crippen molar-refractivity contribution in [2.45, 2.75) is 13.3 Å². The van der Waals surface area contributed by atoms with Gasteiger partial charge in [-0.1, -0.05) is 43.3 Å². The zero-order chi connectivity index (χ0) is 17.5. The van der Waals surface area contributed by atoms with E-state index in [-0.39, 0.29) is 5.91 Å². The van der Waals surface area contributed by atoms with Crippen molar-refractivity contribution >= 4 is 5.91 Å². The number of benzene rings is 2. The number of nitrogens with zero attached hydrogens (tertiary/aromatic N) is 2. The fourth-order valence-corrected chi connectivity index (χ4v) is 2.32. The maximum atomic E-state index is 12.1. The molecule has 0 aliphatic rings. The SMILES string of the molecule is CCCNC(=O)c1cccc(Oc2cc(-c3ccccc3)ncn2)c1. The van der Waals surface area contributed by atoms with E-state index in [9.17, 15) is 4.79 Å². The summed E-state index contributed by atoms with van der Waals surface area (Å²) in [6.07, 6.45) is 2.36. The third-order valence-electron chi connectivity index (χ3n) is 3.57. The molecule has 3 rings (SSSR count). The van der Waals surface area contributed by atoms with Crippen molar-refractivity contribution in [3.05, 3.63) is 72.6 Å². The van der Waals surface area contributed by atoms with Crippen molar-refractivity contribution in [3.63, 3.8) is 0 Å². The fourth-order valence-electron chi connectivity index (χ4n) is 2.32. The lowest BCUT2D eigenvalue weighted by Gasteiger charge is -2.08. The summed E-state index contributed by atoms with van der Waals surface area (Å²) in [5, 5.41) is 2.85. The lowest BCUT2D eigenvalue weighted by Crippen LogP contribution is -2.23. The van der Waals surface area contributed by atoms with Crippen LogP contribution in [0, 0.1) is 0 Å². The molecule has 126 valence electrons. The monoisotopic (exact) mass is 333 g/mol. The van der Waals surface area contributed by atoms with Crippen LogP contribution < -0.4 is 10.1 Å². The molecule has 0 unspecified atom stereocenters. The van der Waals surface area contributed by atoms with Crippen LogP contribution in [-0.4, -0.2) is 22.4 Å². The summed E-state index contributed by atoms with van der Waals surface area (Å²) in [6.45, 7) is 2.66. The highest BCUT2D eigenvalue weighted by molar-refractivity contribution is 5.94. The minimum atomic E-state index is -0.111. The molecule has 0 spiro atoms. The Bertz CT molecular complexity index is 850. The van der Waals surface area contributed by atoms with Gasteiger partial charge in [-0.25, -0.2) is 9.97 Å². The van der Waals surface area contributed by atoms with Gasteiger partial charge in [0.1, 0.15) is 12.1 Å². The molecule has 0 saturated carbocycles. The number of amides is 1. The second-order valence-electron chi connectivity index (χ2n) is 5.49. The summed E-state index contributed by atoms with van der Waals surface area (Å²) >= 11 is 0. The molecule has 0 saturated heterocycles. The van der Waals surface area contributed by atoms with Crippen LogP contribution in [0.3, 0.4) is 0 Å². The Kier molecular flexibility index (Phi) is 5.36. The van der Waals surface area contributed by atoms with Crippen molar-refractivity contribution in [3.8, 4) is 22.9 Å². The second kappa shape index (κ2) is 8.06. The number of rotatable bonds is 6. The molecule has 5 heteroatoms. The standard InChI is InChI=1S/C20H19N3O2/c1-2-11-21-20(24)16-9-6-10-17(12-16)25-19-13-18(22-14-23-19)15-7-4-3-5-8-15/h3-10,12-14H,2,11H2,1H3,(H,21,24). The van der Waals surface area contributed by atoms with Crippen molar-refractivity contribution in [2.75, 3.05) is 6.54 Å². The molecule has 5 nitrogen and oxygen atoms in total. The zero-order valence-corrected chi connectivity index (χ0v) is 14.0. The molecule has 1 N–H and O–H groups in total. The maximum absolute atomic E-state index is 12.1. The van der Waals surface area contributed by atoms with Crippen molar-refractivity contribution in [1.29, 1.82) is 0 Å². The quantitative estimate of drug-likeness (QED) is 0.738. The Hall–Kier alpha value is -3.21. The molecule has 1 aromatic heterocycles. The van der Waals surface area contributed by atoms with Crippen LogP contribution in [0.5, 0.6) is 11.6 Å². The highest BCUT2D eigenvalue weighted by Gasteiger charge is 2.08. The Balaban J connectivity index is 1.78. The van der Waals surface area contributed by atoms with Crippen molar-refractivity contribution < 1.29 is 9.53 Å². The first-order valence-electron chi connectivity index (χ1n) is 8.20. The molecule has 25 heavy (non-hydrogen) atoms. The molecule has 0 aliphatic heterocycles. The highest BCUT2D eigenvalue weighted by Crippen LogP contribution is 2.24. The van der Waals surface area contributed by atoms with E-state index >= 15 is 0 Å². The first-order valence-corrected chi connectivity index (χ1v) is 8.20. The number of ether oxygens (including phenoxy) is 1. The van der Waals surface area contributed by atoms with Crippen LogP contribution in [0.1, 0.15) is 23.7 Å². The van der Waals surface area contributed by atoms with Crippen molar-refractivity contribution in [1.82, 2.24) is 15.3 Å². The van der Waals surface area contributed by atoms with Gasteiger partial charge < -0.3 is 10.1 Å². The Morgan fingerprint density at radius 1 is 1.04 bits per heavy atom. The van der Waals surface area contributed by atoms with Crippen LogP contribution in [0.25, 0.3) is 11.3 Å². The summed E-state index contributed by atoms with van der Waals surface area (Å²) in [4.78, 5) is 20.5. The largest absolute Gasteiger partial charge is 0.439 e. The number of aromatic nitrogens is 2. The number of carbonyl (C=O) groups excluding carboxylic acids is 1. The van der Waals surface area contributed by atoms with Gasteiger partial charge in [0.2, 0.25) is 5.88 Å². The van der Waals surface area contributed by atoms with E-state index in [0.29, 0.717) is 23.7 Å². The maximum Gasteiger partial charge on any atom is 0.251 e. The van der Waals surface area contributed by atoms with E-state index in [1.807, 2.05) is 37.3 Å². The normalized spacial score (nSPS) is 10.3. The van der Waals surface area contributed by atoms with Gasteiger partial charge in [0.15, 0.2) is 0 Å². The fraction of sp³-hybridized carbons (Fsp3) is 0.150. The summed E-state index contributed by atoms with van der Waals surface area (Å²) in [5.41, 5.74) is 2.33. The van der Waals surface area contributed by atoms with Crippen molar-refractivity contribution in [2.24, 2.45) is 0 Å². The summed E-state index contributed by atoms with van der Waals surface area (Å²) in [6, 6.07) is 18.6. The van der Waals surface area contributed by atoms with Gasteiger partial charge >= 0.3 is 0 Å². The predicted octanol–water partition coefficient (Wildman–Crippen LogP) is 4.08. The molecule has 1 amide bonds. The third kappa shape index (κ3) is 4.41. The van der Waals surface area contributed by atoms with E-state index in [0.717, 1.165) is 17.7 Å². The summed E-state index contributed by atoms with van der Waals surface area (Å²) in [5.74, 6) is 0.877. The van der Waals surface area contributed by atoms with E-state index in [1.54, 1.807) is 30.3 Å². The molecular weight excluding hydrogens is 314 g/mol. The minimum absolute atomic E-state index is 0.111. The van der Waals surface area contributed by atoms with Crippen LogP contribution in [0.2, 0.25) is 0 Å². The van der Waals surface area contributed by atoms with Gasteiger partial charge in [-0.3, -0.25) is 4.79 Å². The van der Waals surface area contributed by atoms with E-state index < -0.39 is 0 Å². The molecule has 0 bridgehead atoms. The third-order valence-corrected chi connectivity index (χ3v) is 3.57. The molecule has 2 aromatic carbocycles. The lowest BCUT2D eigenvalue weighted by atomic mass is 10.1. The predicted molar refractivity (Wildman–Crippen MR) is 96.6 cm³/mol. The van der Waals surface area contributed by atoms with Gasteiger partial charge in [0.25, 0.3) is 5.91 Å². The van der Waals surface area contributed by atoms with E-state index in [1.165, 1.54) is 6.33 Å². The average Bonchev–Trinajstić information content (AvgIpc) is 2.67. The number of hydrogen-bond donors (Lipinski definition) is 1. The average molecular weight is 333 g/mol. The zero-order valence-electron chi connectivity index (χ0n) is 14.0. The summed E-state index contributed by atoms with van der Waals surface area (Å²) in [7, 11) is 0. The molecule has 0 fully saturated rings. The van der Waals surface area contributed by atoms with Gasteiger partial charge in [-0.15, -0.1) is 0 Å². The Morgan fingerprint density at radius 3 is 2.68 bits per heavy atom. The van der Waals surface area contributed by atoms with E-state index in [2.05, 4.69) is 15.3 Å². The number of hydrogen-bond acceptors (Lipinski definition) is 4.